The quantitative estimate of drug-likeness (QED) is 0.113. The van der Waals surface area contributed by atoms with E-state index in [1.54, 1.807) is 17.8 Å². The van der Waals surface area contributed by atoms with E-state index in [2.05, 4.69) is 39.8 Å². The highest BCUT2D eigenvalue weighted by atomic mass is 32.2. The number of carbonyl (C=O) groups excluding carboxylic acids is 1. The summed E-state index contributed by atoms with van der Waals surface area (Å²) in [6.07, 6.45) is 16.4. The van der Waals surface area contributed by atoms with Crippen LogP contribution in [0.5, 0.6) is 0 Å². The fraction of sp³-hybridized carbons (Fsp3) is 0.650. The fourth-order valence-electron chi connectivity index (χ4n) is 3.13. The highest BCUT2D eigenvalue weighted by Crippen LogP contribution is 2.25. The van der Waals surface area contributed by atoms with E-state index in [1.165, 1.54) is 31.8 Å². The van der Waals surface area contributed by atoms with E-state index in [4.69, 9.17) is 6.42 Å². The number of terminal acetylenes is 1. The standard InChI is InChI=1S/C20H34N4OS/c1-5-19(16-26-4)21-12-13-22-23-20-10-8-18(9-11-20)15-24(3)17(2)7-6-14-25/h1,6-7,14,18-23H,2,8-13,15-16H2,3-4H3/b7-6-. The Kier molecular flexibility index (Phi) is 12.2. The van der Waals surface area contributed by atoms with Gasteiger partial charge in [-0.3, -0.25) is 15.6 Å². The lowest BCUT2D eigenvalue weighted by Gasteiger charge is -2.32. The van der Waals surface area contributed by atoms with Crippen molar-refractivity contribution in [2.24, 2.45) is 5.92 Å². The summed E-state index contributed by atoms with van der Waals surface area (Å²) >= 11 is 1.76. The Morgan fingerprint density at radius 2 is 2.12 bits per heavy atom. The molecule has 1 rings (SSSR count). The molecule has 0 aromatic rings. The molecule has 0 spiro atoms. The first-order chi connectivity index (χ1) is 12.6. The number of allylic oxidation sites excluding steroid dienone is 2. The van der Waals surface area contributed by atoms with Crippen molar-refractivity contribution in [1.29, 1.82) is 0 Å². The minimum Gasteiger partial charge on any atom is -0.375 e. The summed E-state index contributed by atoms with van der Waals surface area (Å²) in [7, 11) is 2.04. The number of rotatable bonds is 13. The topological polar surface area (TPSA) is 56.4 Å². The normalized spacial score (nSPS) is 21.3. The fourth-order valence-corrected chi connectivity index (χ4v) is 3.68. The molecule has 0 aromatic heterocycles. The van der Waals surface area contributed by atoms with Crippen LogP contribution in [0, 0.1) is 18.3 Å². The van der Waals surface area contributed by atoms with Gasteiger partial charge < -0.3 is 10.2 Å². The molecule has 0 saturated heterocycles. The molecule has 3 N–H and O–H groups in total. The highest BCUT2D eigenvalue weighted by Gasteiger charge is 2.21. The molecule has 1 fully saturated rings. The summed E-state index contributed by atoms with van der Waals surface area (Å²) in [5, 5.41) is 3.36. The van der Waals surface area contributed by atoms with Crippen LogP contribution in [-0.4, -0.2) is 62.0 Å². The van der Waals surface area contributed by atoms with Crippen LogP contribution in [0.3, 0.4) is 0 Å². The lowest BCUT2D eigenvalue weighted by molar-refractivity contribution is -0.104. The first-order valence-corrected chi connectivity index (χ1v) is 10.7. The number of aldehydes is 1. The van der Waals surface area contributed by atoms with Crippen molar-refractivity contribution in [3.63, 3.8) is 0 Å². The maximum absolute atomic E-state index is 10.4. The summed E-state index contributed by atoms with van der Waals surface area (Å²) in [6.45, 7) is 6.71. The van der Waals surface area contributed by atoms with E-state index in [9.17, 15) is 4.79 Å². The number of nitrogens with zero attached hydrogens (tertiary/aromatic N) is 1. The Bertz CT molecular complexity index is 481. The first kappa shape index (κ1) is 22.8. The van der Waals surface area contributed by atoms with E-state index in [0.717, 1.165) is 37.4 Å². The first-order valence-electron chi connectivity index (χ1n) is 9.29. The Labute approximate surface area is 163 Å². The second-order valence-electron chi connectivity index (χ2n) is 6.78. The third-order valence-electron chi connectivity index (χ3n) is 4.72. The van der Waals surface area contributed by atoms with Gasteiger partial charge in [0.2, 0.25) is 0 Å². The van der Waals surface area contributed by atoms with Crippen LogP contribution >= 0.6 is 11.8 Å². The minimum atomic E-state index is 0.148. The van der Waals surface area contributed by atoms with Crippen molar-refractivity contribution < 1.29 is 4.79 Å². The molecule has 1 aliphatic rings. The van der Waals surface area contributed by atoms with E-state index >= 15 is 0 Å². The molecule has 26 heavy (non-hydrogen) atoms. The zero-order valence-corrected chi connectivity index (χ0v) is 17.0. The van der Waals surface area contributed by atoms with Gasteiger partial charge in [-0.2, -0.15) is 11.8 Å². The molecule has 1 aliphatic carbocycles. The average molecular weight is 379 g/mol. The molecule has 0 bridgehead atoms. The maximum Gasteiger partial charge on any atom is 0.142 e. The lowest BCUT2D eigenvalue weighted by Crippen LogP contribution is -2.46. The molecule has 0 amide bonds. The van der Waals surface area contributed by atoms with E-state index in [1.807, 2.05) is 7.05 Å². The number of thioether (sulfide) groups is 1. The van der Waals surface area contributed by atoms with Crippen LogP contribution in [-0.2, 0) is 4.79 Å². The molecule has 1 atom stereocenters. The van der Waals surface area contributed by atoms with Crippen LogP contribution in [0.2, 0.25) is 0 Å². The lowest BCUT2D eigenvalue weighted by atomic mass is 9.86. The second-order valence-corrected chi connectivity index (χ2v) is 7.70. The number of hydrogen-bond donors (Lipinski definition) is 3. The van der Waals surface area contributed by atoms with Gasteiger partial charge >= 0.3 is 0 Å². The Morgan fingerprint density at radius 3 is 2.73 bits per heavy atom. The van der Waals surface area contributed by atoms with Gasteiger partial charge in [-0.05, 0) is 50.0 Å². The van der Waals surface area contributed by atoms with Crippen molar-refractivity contribution in [3.8, 4) is 12.3 Å². The second kappa shape index (κ2) is 13.9. The monoisotopic (exact) mass is 378 g/mol. The zero-order valence-electron chi connectivity index (χ0n) is 16.2. The number of hydrogen-bond acceptors (Lipinski definition) is 6. The largest absolute Gasteiger partial charge is 0.375 e. The highest BCUT2D eigenvalue weighted by molar-refractivity contribution is 7.98. The van der Waals surface area contributed by atoms with Crippen molar-refractivity contribution in [2.45, 2.75) is 37.8 Å². The molecule has 146 valence electrons. The van der Waals surface area contributed by atoms with Crippen molar-refractivity contribution in [1.82, 2.24) is 21.1 Å². The molecule has 0 aromatic carbocycles. The average Bonchev–Trinajstić information content (AvgIpc) is 2.66. The van der Waals surface area contributed by atoms with Gasteiger partial charge in [0.1, 0.15) is 6.29 Å². The molecule has 0 radical (unpaired) electrons. The van der Waals surface area contributed by atoms with Crippen LogP contribution < -0.4 is 16.2 Å². The van der Waals surface area contributed by atoms with Gasteiger partial charge in [0.25, 0.3) is 0 Å². The summed E-state index contributed by atoms with van der Waals surface area (Å²) < 4.78 is 0. The molecular formula is C20H34N4OS. The number of hydrazine groups is 1. The predicted octanol–water partition coefficient (Wildman–Crippen LogP) is 1.79. The maximum atomic E-state index is 10.4. The van der Waals surface area contributed by atoms with Crippen LogP contribution in [0.15, 0.2) is 24.4 Å². The molecular weight excluding hydrogens is 344 g/mol. The molecule has 1 saturated carbocycles. The van der Waals surface area contributed by atoms with E-state index in [0.29, 0.717) is 12.0 Å². The SMILES string of the molecule is C#CC(CSC)NCCNNC1CCC(CN(C)C(=C)/C=C\C=O)CC1. The summed E-state index contributed by atoms with van der Waals surface area (Å²) in [4.78, 5) is 12.5. The smallest absolute Gasteiger partial charge is 0.142 e. The van der Waals surface area contributed by atoms with E-state index < -0.39 is 0 Å². The minimum absolute atomic E-state index is 0.148. The Morgan fingerprint density at radius 1 is 1.38 bits per heavy atom. The Hall–Kier alpha value is -1.26. The Balaban J connectivity index is 2.13. The van der Waals surface area contributed by atoms with E-state index in [-0.39, 0.29) is 6.04 Å². The van der Waals surface area contributed by atoms with Crippen molar-refractivity contribution in [2.75, 3.05) is 38.7 Å². The molecule has 1 unspecified atom stereocenters. The summed E-state index contributed by atoms with van der Waals surface area (Å²) in [5.74, 6) is 4.40. The zero-order chi connectivity index (χ0) is 19.2. The van der Waals surface area contributed by atoms with Crippen LogP contribution in [0.25, 0.3) is 0 Å². The van der Waals surface area contributed by atoms with Gasteiger partial charge in [-0.15, -0.1) is 6.42 Å². The summed E-state index contributed by atoms with van der Waals surface area (Å²) in [5.41, 5.74) is 7.65. The molecule has 0 heterocycles. The van der Waals surface area contributed by atoms with Crippen LogP contribution in [0.1, 0.15) is 25.7 Å². The third-order valence-corrected chi connectivity index (χ3v) is 5.38. The number of carbonyl (C=O) groups is 1. The molecule has 5 nitrogen and oxygen atoms in total. The predicted molar refractivity (Wildman–Crippen MR) is 113 cm³/mol. The van der Waals surface area contributed by atoms with Gasteiger partial charge in [0, 0.05) is 44.2 Å². The number of nitrogens with one attached hydrogen (secondary N) is 3. The van der Waals surface area contributed by atoms with Crippen LogP contribution in [0.4, 0.5) is 0 Å². The summed E-state index contributed by atoms with van der Waals surface area (Å²) in [6, 6.07) is 0.680. The van der Waals surface area contributed by atoms with Gasteiger partial charge in [-0.1, -0.05) is 12.5 Å². The van der Waals surface area contributed by atoms with Gasteiger partial charge in [0.15, 0.2) is 0 Å². The molecule has 6 heteroatoms. The van der Waals surface area contributed by atoms with Crippen molar-refractivity contribution >= 4 is 18.0 Å². The van der Waals surface area contributed by atoms with Crippen molar-refractivity contribution in [3.05, 3.63) is 24.4 Å². The van der Waals surface area contributed by atoms with Gasteiger partial charge in [0.05, 0.1) is 6.04 Å². The molecule has 0 aliphatic heterocycles. The third kappa shape index (κ3) is 9.44. The number of likely N-dealkylation sites (N-methyl/N-ethyl adjacent to an activating group) is 1. The van der Waals surface area contributed by atoms with Gasteiger partial charge in [-0.25, -0.2) is 0 Å².